The zero-order chi connectivity index (χ0) is 37.0. The van der Waals surface area contributed by atoms with E-state index in [0.29, 0.717) is 76.5 Å². The summed E-state index contributed by atoms with van der Waals surface area (Å²) >= 11 is 1.16. The van der Waals surface area contributed by atoms with Crippen molar-refractivity contribution in [2.75, 3.05) is 82.4 Å². The molecule has 3 fully saturated rings. The van der Waals surface area contributed by atoms with Gasteiger partial charge in [-0.2, -0.15) is 9.61 Å². The molecule has 0 N–H and O–H groups in total. The number of likely N-dealkylation sites (N-methyl/N-ethyl adjacent to an activating group) is 2. The van der Waals surface area contributed by atoms with Crippen LogP contribution in [0.15, 0.2) is 40.2 Å². The molecular weight excluding hydrogens is 785 g/mol. The normalized spacial score (nSPS) is 19.1. The van der Waals surface area contributed by atoms with Crippen LogP contribution in [0, 0.1) is 11.6 Å². The molecule has 2 saturated heterocycles. The summed E-state index contributed by atoms with van der Waals surface area (Å²) in [7, 11) is 2.04. The molecule has 7 heterocycles. The predicted molar refractivity (Wildman–Crippen MR) is 220 cm³/mol. The second kappa shape index (κ2) is 14.5. The van der Waals surface area contributed by atoms with E-state index < -0.39 is 11.6 Å². The van der Waals surface area contributed by atoms with Crippen molar-refractivity contribution in [2.45, 2.75) is 38.8 Å². The first-order valence-electron chi connectivity index (χ1n) is 18.7. The van der Waals surface area contributed by atoms with Crippen molar-refractivity contribution in [1.82, 2.24) is 38.7 Å². The van der Waals surface area contributed by atoms with Gasteiger partial charge < -0.3 is 33.5 Å². The van der Waals surface area contributed by atoms with Crippen molar-refractivity contribution in [3.63, 3.8) is 0 Å². The van der Waals surface area contributed by atoms with Gasteiger partial charge in [-0.15, -0.1) is 35.0 Å². The maximum absolute atomic E-state index is 16.0. The fraction of sp³-hybridized carbons (Fsp3) is 0.447. The fourth-order valence-electron chi connectivity index (χ4n) is 8.30. The monoisotopic (exact) mass is 826 g/mol. The van der Waals surface area contributed by atoms with Crippen LogP contribution in [-0.4, -0.2) is 111 Å². The summed E-state index contributed by atoms with van der Waals surface area (Å²) in [5, 5.41) is 14.4. The number of rotatable bonds is 6. The molecule has 6 aromatic rings. The van der Waals surface area contributed by atoms with Gasteiger partial charge in [-0.25, -0.2) is 8.78 Å². The molecular formula is C38H42Cl2F2N10O3S. The SMILES string of the molecule is CCN1CCN(c2cc3c(cc2F)c(=O)c(-c2nnc4sc(-c5cn6c7c(c(N8CCN(C)CC8)c(F)cc7c5=O)OCC6C)nn24)cn3C2CC2)CC1.Cl.Cl. The summed E-state index contributed by atoms with van der Waals surface area (Å²) in [5.74, 6) is -0.323. The summed E-state index contributed by atoms with van der Waals surface area (Å²) in [6, 6.07) is 4.56. The summed E-state index contributed by atoms with van der Waals surface area (Å²) in [4.78, 5) is 37.4. The topological polar surface area (TPSA) is 109 Å². The number of benzene rings is 2. The van der Waals surface area contributed by atoms with Crippen LogP contribution in [0.2, 0.25) is 0 Å². The molecule has 1 atom stereocenters. The van der Waals surface area contributed by atoms with Crippen molar-refractivity contribution >= 4 is 74.3 Å². The molecule has 56 heavy (non-hydrogen) atoms. The lowest BCUT2D eigenvalue weighted by Crippen LogP contribution is -2.46. The average Bonchev–Trinajstić information content (AvgIpc) is 3.82. The van der Waals surface area contributed by atoms with Crippen molar-refractivity contribution in [3.8, 4) is 27.7 Å². The maximum Gasteiger partial charge on any atom is 0.235 e. The zero-order valence-corrected chi connectivity index (χ0v) is 33.7. The second-order valence-corrected chi connectivity index (χ2v) is 16.0. The van der Waals surface area contributed by atoms with Gasteiger partial charge in [0.1, 0.15) is 18.1 Å². The molecule has 0 amide bonds. The molecule has 13 nitrogen and oxygen atoms in total. The third kappa shape index (κ3) is 6.11. The van der Waals surface area contributed by atoms with Crippen molar-refractivity contribution in [2.24, 2.45) is 0 Å². The number of hydrogen-bond donors (Lipinski definition) is 0. The van der Waals surface area contributed by atoms with Gasteiger partial charge in [0.15, 0.2) is 27.8 Å². The van der Waals surface area contributed by atoms with E-state index in [2.05, 4.69) is 36.4 Å². The Labute approximate surface area is 336 Å². The number of halogens is 4. The second-order valence-electron chi connectivity index (χ2n) is 15.0. The highest BCUT2D eigenvalue weighted by atomic mass is 35.5. The van der Waals surface area contributed by atoms with E-state index in [-0.39, 0.29) is 69.9 Å². The van der Waals surface area contributed by atoms with Crippen molar-refractivity contribution in [1.29, 1.82) is 0 Å². The molecule has 4 aromatic heterocycles. The molecule has 1 aliphatic carbocycles. The highest BCUT2D eigenvalue weighted by Crippen LogP contribution is 2.43. The van der Waals surface area contributed by atoms with E-state index in [1.54, 1.807) is 12.4 Å². The van der Waals surface area contributed by atoms with Gasteiger partial charge in [0.2, 0.25) is 10.4 Å². The number of pyridine rings is 2. The van der Waals surface area contributed by atoms with Gasteiger partial charge in [-0.3, -0.25) is 9.59 Å². The number of aromatic nitrogens is 6. The Balaban J connectivity index is 0.00000220. The average molecular weight is 828 g/mol. The minimum Gasteiger partial charge on any atom is -0.487 e. The van der Waals surface area contributed by atoms with Gasteiger partial charge in [0.25, 0.3) is 0 Å². The Bertz CT molecular complexity index is 2630. The first-order chi connectivity index (χ1) is 26.2. The minimum absolute atomic E-state index is 0. The number of nitrogens with zero attached hydrogens (tertiary/aromatic N) is 10. The van der Waals surface area contributed by atoms with Crippen LogP contribution < -0.4 is 25.4 Å². The predicted octanol–water partition coefficient (Wildman–Crippen LogP) is 5.45. The fourth-order valence-corrected chi connectivity index (χ4v) is 9.15. The Morgan fingerprint density at radius 1 is 0.839 bits per heavy atom. The lowest BCUT2D eigenvalue weighted by molar-refractivity contribution is 0.245. The van der Waals surface area contributed by atoms with Gasteiger partial charge >= 0.3 is 0 Å². The van der Waals surface area contributed by atoms with E-state index in [4.69, 9.17) is 9.84 Å². The molecule has 10 rings (SSSR count). The van der Waals surface area contributed by atoms with E-state index in [9.17, 15) is 9.59 Å². The molecule has 4 aliphatic rings. The Hall–Kier alpha value is -4.35. The molecule has 2 aromatic carbocycles. The first kappa shape index (κ1) is 38.5. The van der Waals surface area contributed by atoms with E-state index >= 15 is 8.78 Å². The standard InChI is InChI=1S/C38H40F2N10O3S.2ClH/c1-4-45-9-13-46(14-10-45)30-17-29-23(15-27(30)39)33(51)25(18-49(29)22-5-6-22)36-41-42-38-50(36)43-37(54-38)26-19-48-21(2)20-53-35-31(48)24(34(26)52)16-28(40)32(35)47-11-7-44(3)8-12-47;;/h15-19,21-22H,4-14,20H2,1-3H3;2*1H. The van der Waals surface area contributed by atoms with Gasteiger partial charge in [0.05, 0.1) is 39.3 Å². The van der Waals surface area contributed by atoms with Crippen LogP contribution in [0.25, 0.3) is 48.7 Å². The van der Waals surface area contributed by atoms with Crippen LogP contribution in [-0.2, 0) is 0 Å². The molecule has 18 heteroatoms. The minimum atomic E-state index is -0.497. The summed E-state index contributed by atoms with van der Waals surface area (Å²) in [5.41, 5.74) is 1.97. The van der Waals surface area contributed by atoms with E-state index in [1.165, 1.54) is 16.6 Å². The third-order valence-corrected chi connectivity index (χ3v) is 12.6. The summed E-state index contributed by atoms with van der Waals surface area (Å²) in [6.45, 7) is 11.4. The van der Waals surface area contributed by atoms with E-state index in [1.807, 2.05) is 29.5 Å². The molecule has 1 unspecified atom stereocenters. The first-order valence-corrected chi connectivity index (χ1v) is 19.6. The molecule has 1 saturated carbocycles. The number of fused-ring (bicyclic) bond motifs is 2. The zero-order valence-electron chi connectivity index (χ0n) is 31.2. The van der Waals surface area contributed by atoms with Crippen LogP contribution in [0.1, 0.15) is 38.8 Å². The lowest BCUT2D eigenvalue weighted by Gasteiger charge is -2.37. The number of hydrogen-bond acceptors (Lipinski definition) is 11. The third-order valence-electron chi connectivity index (χ3n) is 11.6. The number of anilines is 2. The van der Waals surface area contributed by atoms with Crippen molar-refractivity contribution in [3.05, 3.63) is 62.7 Å². The van der Waals surface area contributed by atoms with Crippen LogP contribution in [0.5, 0.6) is 5.75 Å². The van der Waals surface area contributed by atoms with Crippen LogP contribution >= 0.6 is 36.2 Å². The van der Waals surface area contributed by atoms with Crippen LogP contribution in [0.3, 0.4) is 0 Å². The molecule has 0 radical (unpaired) electrons. The molecule has 3 aliphatic heterocycles. The molecule has 296 valence electrons. The Kier molecular flexibility index (Phi) is 10.0. The van der Waals surface area contributed by atoms with Gasteiger partial charge in [-0.05, 0) is 51.6 Å². The maximum atomic E-state index is 16.0. The molecule has 0 bridgehead atoms. The van der Waals surface area contributed by atoms with E-state index in [0.717, 1.165) is 56.9 Å². The number of piperazine rings is 2. The largest absolute Gasteiger partial charge is 0.487 e. The number of ether oxygens (including phenoxy) is 1. The lowest BCUT2D eigenvalue weighted by atomic mass is 10.1. The Morgan fingerprint density at radius 3 is 2.23 bits per heavy atom. The highest BCUT2D eigenvalue weighted by Gasteiger charge is 2.32. The molecule has 0 spiro atoms. The van der Waals surface area contributed by atoms with Gasteiger partial charge in [0, 0.05) is 76.2 Å². The van der Waals surface area contributed by atoms with Crippen LogP contribution in [0.4, 0.5) is 20.2 Å². The highest BCUT2D eigenvalue weighted by molar-refractivity contribution is 7.19. The smallest absolute Gasteiger partial charge is 0.235 e. The quantitative estimate of drug-likeness (QED) is 0.215. The Morgan fingerprint density at radius 2 is 1.52 bits per heavy atom. The summed E-state index contributed by atoms with van der Waals surface area (Å²) < 4.78 is 43.6. The summed E-state index contributed by atoms with van der Waals surface area (Å²) in [6.07, 6.45) is 5.48. The van der Waals surface area contributed by atoms with Gasteiger partial charge in [-0.1, -0.05) is 18.3 Å². The van der Waals surface area contributed by atoms with Crippen molar-refractivity contribution < 1.29 is 13.5 Å².